The van der Waals surface area contributed by atoms with Crippen molar-refractivity contribution in [3.05, 3.63) is 29.3 Å². The van der Waals surface area contributed by atoms with Gasteiger partial charge in [0.2, 0.25) is 11.1 Å². The number of para-hydroxylation sites is 1. The molecule has 1 aromatic carbocycles. The van der Waals surface area contributed by atoms with Crippen molar-refractivity contribution < 1.29 is 4.79 Å². The molecular weight excluding hydrogens is 310 g/mol. The Labute approximate surface area is 141 Å². The monoisotopic (exact) mass is 333 g/mol. The maximum atomic E-state index is 12.0. The van der Waals surface area contributed by atoms with E-state index in [1.807, 2.05) is 32.0 Å². The van der Waals surface area contributed by atoms with Crippen LogP contribution in [0.2, 0.25) is 0 Å². The van der Waals surface area contributed by atoms with Gasteiger partial charge in [0.25, 0.3) is 0 Å². The van der Waals surface area contributed by atoms with Gasteiger partial charge in [0.05, 0.1) is 11.4 Å². The quantitative estimate of drug-likeness (QED) is 0.789. The summed E-state index contributed by atoms with van der Waals surface area (Å²) in [6, 6.07) is 6.29. The number of aromatic nitrogens is 4. The minimum Gasteiger partial charge on any atom is -0.353 e. The normalized spacial score (nSPS) is 11.0. The van der Waals surface area contributed by atoms with Crippen LogP contribution in [0, 0.1) is 13.8 Å². The molecule has 0 saturated carbocycles. The minimum atomic E-state index is 0.0137. The molecule has 0 spiro atoms. The number of carbonyl (C=O) groups excluding carboxylic acids is 1. The smallest absolute Gasteiger partial charge is 0.230 e. The van der Waals surface area contributed by atoms with E-state index in [2.05, 4.69) is 34.7 Å². The Morgan fingerprint density at radius 1 is 1.26 bits per heavy atom. The van der Waals surface area contributed by atoms with Crippen LogP contribution < -0.4 is 5.32 Å². The SMILES string of the molecule is CCC(CC)NC(=O)CSc1nnnn1-c1c(C)cccc1C. The molecule has 0 aliphatic rings. The Kier molecular flexibility index (Phi) is 6.15. The number of carbonyl (C=O) groups is 1. The largest absolute Gasteiger partial charge is 0.353 e. The molecule has 0 fully saturated rings. The highest BCUT2D eigenvalue weighted by Gasteiger charge is 2.15. The fourth-order valence-corrected chi connectivity index (χ4v) is 3.13. The number of tetrazole rings is 1. The third-order valence-corrected chi connectivity index (χ3v) is 4.69. The van der Waals surface area contributed by atoms with E-state index in [1.165, 1.54) is 11.8 Å². The zero-order valence-corrected chi connectivity index (χ0v) is 14.9. The second-order valence-corrected chi connectivity index (χ2v) is 6.43. The van der Waals surface area contributed by atoms with Gasteiger partial charge in [-0.1, -0.05) is 43.8 Å². The number of hydrogen-bond donors (Lipinski definition) is 1. The second-order valence-electron chi connectivity index (χ2n) is 5.48. The first-order chi connectivity index (χ1) is 11.1. The van der Waals surface area contributed by atoms with Crippen LogP contribution in [0.3, 0.4) is 0 Å². The van der Waals surface area contributed by atoms with E-state index >= 15 is 0 Å². The highest BCUT2D eigenvalue weighted by Crippen LogP contribution is 2.23. The lowest BCUT2D eigenvalue weighted by atomic mass is 10.1. The number of thioether (sulfide) groups is 1. The van der Waals surface area contributed by atoms with Gasteiger partial charge in [-0.25, -0.2) is 0 Å². The van der Waals surface area contributed by atoms with E-state index in [1.54, 1.807) is 4.68 Å². The van der Waals surface area contributed by atoms with Crippen LogP contribution >= 0.6 is 11.8 Å². The second kappa shape index (κ2) is 8.10. The van der Waals surface area contributed by atoms with Gasteiger partial charge >= 0.3 is 0 Å². The lowest BCUT2D eigenvalue weighted by Gasteiger charge is -2.14. The molecule has 2 rings (SSSR count). The number of nitrogens with zero attached hydrogens (tertiary/aromatic N) is 4. The molecule has 0 radical (unpaired) electrons. The van der Waals surface area contributed by atoms with Gasteiger partial charge in [-0.3, -0.25) is 4.79 Å². The van der Waals surface area contributed by atoms with Gasteiger partial charge in [-0.15, -0.1) is 5.10 Å². The van der Waals surface area contributed by atoms with E-state index in [0.29, 0.717) is 10.9 Å². The van der Waals surface area contributed by atoms with Gasteiger partial charge in [0, 0.05) is 6.04 Å². The average Bonchev–Trinajstić information content (AvgIpc) is 2.98. The lowest BCUT2D eigenvalue weighted by Crippen LogP contribution is -2.35. The number of benzene rings is 1. The Bertz CT molecular complexity index is 646. The molecular formula is C16H23N5OS. The first-order valence-corrected chi connectivity index (χ1v) is 8.82. The summed E-state index contributed by atoms with van der Waals surface area (Å²) in [4.78, 5) is 12.0. The third kappa shape index (κ3) is 4.31. The van der Waals surface area contributed by atoms with Gasteiger partial charge < -0.3 is 5.32 Å². The molecule has 124 valence electrons. The molecule has 2 aromatic rings. The van der Waals surface area contributed by atoms with Crippen molar-refractivity contribution in [1.29, 1.82) is 0 Å². The Morgan fingerprint density at radius 2 is 1.91 bits per heavy atom. The van der Waals surface area contributed by atoms with Crippen LogP contribution in [-0.4, -0.2) is 37.9 Å². The van der Waals surface area contributed by atoms with Crippen LogP contribution in [0.5, 0.6) is 0 Å². The van der Waals surface area contributed by atoms with Gasteiger partial charge in [-0.05, 0) is 48.2 Å². The molecule has 1 N–H and O–H groups in total. The summed E-state index contributed by atoms with van der Waals surface area (Å²) in [5.41, 5.74) is 3.17. The van der Waals surface area contributed by atoms with Gasteiger partial charge in [0.15, 0.2) is 0 Å². The molecule has 7 heteroatoms. The highest BCUT2D eigenvalue weighted by atomic mass is 32.2. The molecule has 0 bridgehead atoms. The van der Waals surface area contributed by atoms with E-state index in [-0.39, 0.29) is 11.9 Å². The molecule has 0 aliphatic heterocycles. The first-order valence-electron chi connectivity index (χ1n) is 7.83. The zero-order chi connectivity index (χ0) is 16.8. The molecule has 0 aliphatic carbocycles. The van der Waals surface area contributed by atoms with Crippen LogP contribution in [0.4, 0.5) is 0 Å². The fourth-order valence-electron chi connectivity index (χ4n) is 2.44. The molecule has 6 nitrogen and oxygen atoms in total. The van der Waals surface area contributed by atoms with Crippen molar-refractivity contribution in [3.63, 3.8) is 0 Å². The zero-order valence-electron chi connectivity index (χ0n) is 14.0. The Balaban J connectivity index is 2.09. The third-order valence-electron chi connectivity index (χ3n) is 3.78. The highest BCUT2D eigenvalue weighted by molar-refractivity contribution is 7.99. The summed E-state index contributed by atoms with van der Waals surface area (Å²) in [6.07, 6.45) is 1.88. The molecule has 1 heterocycles. The van der Waals surface area contributed by atoms with E-state index in [9.17, 15) is 4.79 Å². The number of rotatable bonds is 7. The minimum absolute atomic E-state index is 0.0137. The molecule has 1 aromatic heterocycles. The number of nitrogens with one attached hydrogen (secondary N) is 1. The summed E-state index contributed by atoms with van der Waals surface area (Å²) in [5.74, 6) is 0.321. The fraction of sp³-hybridized carbons (Fsp3) is 0.500. The molecule has 23 heavy (non-hydrogen) atoms. The topological polar surface area (TPSA) is 72.7 Å². The predicted molar refractivity (Wildman–Crippen MR) is 91.9 cm³/mol. The van der Waals surface area contributed by atoms with Crippen molar-refractivity contribution in [2.75, 3.05) is 5.75 Å². The standard InChI is InChI=1S/C16H23N5OS/c1-5-13(6-2)17-14(22)10-23-16-18-19-20-21(16)15-11(3)8-7-9-12(15)4/h7-9,13H,5-6,10H2,1-4H3,(H,17,22). The van der Waals surface area contributed by atoms with Gasteiger partial charge in [-0.2, -0.15) is 4.68 Å². The summed E-state index contributed by atoms with van der Waals surface area (Å²) in [7, 11) is 0. The summed E-state index contributed by atoms with van der Waals surface area (Å²) < 4.78 is 1.71. The molecule has 1 amide bonds. The van der Waals surface area contributed by atoms with Crippen molar-refractivity contribution in [3.8, 4) is 5.69 Å². The Hall–Kier alpha value is -1.89. The number of amides is 1. The van der Waals surface area contributed by atoms with Crippen LogP contribution in [0.1, 0.15) is 37.8 Å². The molecule has 0 unspecified atom stereocenters. The first kappa shape index (κ1) is 17.5. The summed E-state index contributed by atoms with van der Waals surface area (Å²) in [5, 5.41) is 15.5. The van der Waals surface area contributed by atoms with Crippen molar-refractivity contribution >= 4 is 17.7 Å². The predicted octanol–water partition coefficient (Wildman–Crippen LogP) is 2.68. The maximum absolute atomic E-state index is 12.0. The lowest BCUT2D eigenvalue weighted by molar-refractivity contribution is -0.119. The van der Waals surface area contributed by atoms with E-state index in [4.69, 9.17) is 0 Å². The van der Waals surface area contributed by atoms with Crippen molar-refractivity contribution in [2.24, 2.45) is 0 Å². The number of hydrogen-bond acceptors (Lipinski definition) is 5. The van der Waals surface area contributed by atoms with E-state index in [0.717, 1.165) is 29.7 Å². The van der Waals surface area contributed by atoms with Crippen LogP contribution in [0.15, 0.2) is 23.4 Å². The molecule has 0 atom stereocenters. The van der Waals surface area contributed by atoms with Crippen LogP contribution in [-0.2, 0) is 4.79 Å². The van der Waals surface area contributed by atoms with Crippen LogP contribution in [0.25, 0.3) is 5.69 Å². The average molecular weight is 333 g/mol. The van der Waals surface area contributed by atoms with E-state index < -0.39 is 0 Å². The van der Waals surface area contributed by atoms with Gasteiger partial charge in [0.1, 0.15) is 0 Å². The number of aryl methyl sites for hydroxylation is 2. The van der Waals surface area contributed by atoms with Crippen molar-refractivity contribution in [1.82, 2.24) is 25.5 Å². The Morgan fingerprint density at radius 3 is 2.52 bits per heavy atom. The summed E-state index contributed by atoms with van der Waals surface area (Å²) >= 11 is 1.35. The maximum Gasteiger partial charge on any atom is 0.230 e. The van der Waals surface area contributed by atoms with Crippen molar-refractivity contribution in [2.45, 2.75) is 51.7 Å². The summed E-state index contributed by atoms with van der Waals surface area (Å²) in [6.45, 7) is 8.20. The molecule has 0 saturated heterocycles.